The number of benzene rings is 3. The molecule has 0 aliphatic rings. The molecule has 0 heterocycles. The standard InChI is InChI=1S/C31H37BrN2O3/c1-21(2)18-33-31(36)28(17-25-9-7-6-8-10-25)34(19-26-13-11-22(3)12-14-26)29(35)20-37-27-15-23(4)30(32)24(5)16-27/h6-16,21,28H,17-20H2,1-5H3,(H,33,36)/t28-/m0/s1. The van der Waals surface area contributed by atoms with E-state index in [9.17, 15) is 9.59 Å². The molecule has 1 atom stereocenters. The first-order chi connectivity index (χ1) is 17.6. The Labute approximate surface area is 229 Å². The van der Waals surface area contributed by atoms with Gasteiger partial charge in [0.1, 0.15) is 11.8 Å². The Bertz CT molecular complexity index is 1170. The number of nitrogens with one attached hydrogen (secondary N) is 1. The van der Waals surface area contributed by atoms with Crippen molar-refractivity contribution in [1.29, 1.82) is 0 Å². The molecule has 0 unspecified atom stereocenters. The van der Waals surface area contributed by atoms with Gasteiger partial charge in [-0.3, -0.25) is 9.59 Å². The molecule has 0 radical (unpaired) electrons. The number of carbonyl (C=O) groups is 2. The zero-order valence-electron chi connectivity index (χ0n) is 22.4. The third kappa shape index (κ3) is 8.46. The first kappa shape index (κ1) is 28.5. The summed E-state index contributed by atoms with van der Waals surface area (Å²) in [7, 11) is 0. The van der Waals surface area contributed by atoms with Crippen molar-refractivity contribution in [3.8, 4) is 5.75 Å². The summed E-state index contributed by atoms with van der Waals surface area (Å²) in [5, 5.41) is 3.05. The van der Waals surface area contributed by atoms with Gasteiger partial charge in [-0.05, 0) is 61.1 Å². The van der Waals surface area contributed by atoms with Crippen molar-refractivity contribution in [1.82, 2.24) is 10.2 Å². The molecule has 0 aliphatic heterocycles. The Morgan fingerprint density at radius 3 is 2.14 bits per heavy atom. The second kappa shape index (κ2) is 13.4. The number of halogens is 1. The van der Waals surface area contributed by atoms with Crippen LogP contribution in [0.15, 0.2) is 71.2 Å². The predicted octanol–water partition coefficient (Wildman–Crippen LogP) is 6.17. The lowest BCUT2D eigenvalue weighted by atomic mass is 10.0. The number of ether oxygens (including phenoxy) is 1. The molecule has 3 aromatic rings. The van der Waals surface area contributed by atoms with Crippen LogP contribution in [-0.2, 0) is 22.6 Å². The Hall–Kier alpha value is -3.12. The van der Waals surface area contributed by atoms with Crippen LogP contribution < -0.4 is 10.1 Å². The molecule has 3 aromatic carbocycles. The van der Waals surface area contributed by atoms with Crippen molar-refractivity contribution in [2.45, 2.75) is 53.6 Å². The molecule has 196 valence electrons. The van der Waals surface area contributed by atoms with Crippen molar-refractivity contribution in [2.24, 2.45) is 5.92 Å². The lowest BCUT2D eigenvalue weighted by Crippen LogP contribution is -2.52. The van der Waals surface area contributed by atoms with Gasteiger partial charge in [0.25, 0.3) is 5.91 Å². The van der Waals surface area contributed by atoms with E-state index < -0.39 is 6.04 Å². The van der Waals surface area contributed by atoms with Crippen LogP contribution in [0.4, 0.5) is 0 Å². The number of hydrogen-bond donors (Lipinski definition) is 1. The highest BCUT2D eigenvalue weighted by atomic mass is 79.9. The van der Waals surface area contributed by atoms with Gasteiger partial charge < -0.3 is 15.0 Å². The lowest BCUT2D eigenvalue weighted by molar-refractivity contribution is -0.142. The minimum absolute atomic E-state index is 0.158. The molecule has 37 heavy (non-hydrogen) atoms. The van der Waals surface area contributed by atoms with Gasteiger partial charge in [0.15, 0.2) is 6.61 Å². The van der Waals surface area contributed by atoms with E-state index in [4.69, 9.17) is 4.74 Å². The number of nitrogens with zero attached hydrogens (tertiary/aromatic N) is 1. The van der Waals surface area contributed by atoms with Gasteiger partial charge in [0, 0.05) is 24.0 Å². The molecule has 0 bridgehead atoms. The highest BCUT2D eigenvalue weighted by Crippen LogP contribution is 2.26. The topological polar surface area (TPSA) is 58.6 Å². The summed E-state index contributed by atoms with van der Waals surface area (Å²) < 4.78 is 6.98. The SMILES string of the molecule is Cc1ccc(CN(C(=O)COc2cc(C)c(Br)c(C)c2)[C@@H](Cc2ccccc2)C(=O)NCC(C)C)cc1. The summed E-state index contributed by atoms with van der Waals surface area (Å²) in [4.78, 5) is 28.9. The van der Waals surface area contributed by atoms with Gasteiger partial charge in [-0.15, -0.1) is 0 Å². The van der Waals surface area contributed by atoms with Crippen LogP contribution in [-0.4, -0.2) is 35.9 Å². The number of aryl methyl sites for hydroxylation is 3. The Balaban J connectivity index is 1.91. The maximum absolute atomic E-state index is 13.7. The Kier molecular flexibility index (Phi) is 10.3. The van der Waals surface area contributed by atoms with Crippen LogP contribution in [0.5, 0.6) is 5.75 Å². The van der Waals surface area contributed by atoms with Crippen LogP contribution in [0.2, 0.25) is 0 Å². The lowest BCUT2D eigenvalue weighted by Gasteiger charge is -2.31. The molecule has 2 amide bonds. The van der Waals surface area contributed by atoms with Crippen LogP contribution in [0.25, 0.3) is 0 Å². The van der Waals surface area contributed by atoms with Crippen molar-refractivity contribution in [3.05, 3.63) is 99.0 Å². The minimum Gasteiger partial charge on any atom is -0.484 e. The quantitative estimate of drug-likeness (QED) is 0.303. The molecule has 0 spiro atoms. The van der Waals surface area contributed by atoms with E-state index in [-0.39, 0.29) is 18.4 Å². The normalized spacial score (nSPS) is 11.8. The van der Waals surface area contributed by atoms with Crippen LogP contribution in [0, 0.1) is 26.7 Å². The van der Waals surface area contributed by atoms with Gasteiger partial charge in [0.05, 0.1) is 0 Å². The smallest absolute Gasteiger partial charge is 0.261 e. The molecule has 3 rings (SSSR count). The maximum atomic E-state index is 13.7. The van der Waals surface area contributed by atoms with Gasteiger partial charge in [0.2, 0.25) is 5.91 Å². The third-order valence-corrected chi connectivity index (χ3v) is 7.45. The van der Waals surface area contributed by atoms with Crippen LogP contribution in [0.1, 0.15) is 41.7 Å². The summed E-state index contributed by atoms with van der Waals surface area (Å²) in [6.45, 7) is 10.8. The van der Waals surface area contributed by atoms with Gasteiger partial charge in [-0.2, -0.15) is 0 Å². The summed E-state index contributed by atoms with van der Waals surface area (Å²) in [5.74, 6) is 0.535. The molecule has 5 nitrogen and oxygen atoms in total. The van der Waals surface area contributed by atoms with Crippen molar-refractivity contribution >= 4 is 27.7 Å². The second-order valence-electron chi connectivity index (χ2n) is 10.0. The number of hydrogen-bond acceptors (Lipinski definition) is 3. The summed E-state index contributed by atoms with van der Waals surface area (Å²) >= 11 is 3.57. The molecule has 0 aromatic heterocycles. The van der Waals surface area contributed by atoms with Crippen molar-refractivity contribution in [2.75, 3.05) is 13.2 Å². The number of carbonyl (C=O) groups excluding carboxylic acids is 2. The molecule has 6 heteroatoms. The predicted molar refractivity (Wildman–Crippen MR) is 153 cm³/mol. The fraction of sp³-hybridized carbons (Fsp3) is 0.355. The van der Waals surface area contributed by atoms with E-state index in [1.807, 2.05) is 87.5 Å². The fourth-order valence-corrected chi connectivity index (χ4v) is 4.31. The maximum Gasteiger partial charge on any atom is 0.261 e. The van der Waals surface area contributed by atoms with E-state index in [1.165, 1.54) is 0 Å². The van der Waals surface area contributed by atoms with Gasteiger partial charge in [-0.1, -0.05) is 89.9 Å². The molecular weight excluding hydrogens is 528 g/mol. The molecule has 0 fully saturated rings. The molecular formula is C31H37BrN2O3. The van der Waals surface area contributed by atoms with Gasteiger partial charge >= 0.3 is 0 Å². The highest BCUT2D eigenvalue weighted by Gasteiger charge is 2.30. The van der Waals surface area contributed by atoms with E-state index in [0.29, 0.717) is 31.2 Å². The van der Waals surface area contributed by atoms with Crippen molar-refractivity contribution < 1.29 is 14.3 Å². The number of rotatable bonds is 11. The first-order valence-corrected chi connectivity index (χ1v) is 13.5. The zero-order chi connectivity index (χ0) is 26.9. The van der Waals surface area contributed by atoms with Gasteiger partial charge in [-0.25, -0.2) is 0 Å². The molecule has 0 aliphatic carbocycles. The molecule has 0 saturated carbocycles. The minimum atomic E-state index is -0.674. The highest BCUT2D eigenvalue weighted by molar-refractivity contribution is 9.10. The van der Waals surface area contributed by atoms with E-state index >= 15 is 0 Å². The van der Waals surface area contributed by atoms with E-state index in [0.717, 1.165) is 32.3 Å². The fourth-order valence-electron chi connectivity index (χ4n) is 4.08. The first-order valence-electron chi connectivity index (χ1n) is 12.7. The third-order valence-electron chi connectivity index (χ3n) is 6.20. The average Bonchev–Trinajstić information content (AvgIpc) is 2.88. The van der Waals surface area contributed by atoms with Crippen LogP contribution in [0.3, 0.4) is 0 Å². The summed E-state index contributed by atoms with van der Waals surface area (Å²) in [6, 6.07) is 21.0. The van der Waals surface area contributed by atoms with E-state index in [2.05, 4.69) is 35.1 Å². The Morgan fingerprint density at radius 1 is 0.919 bits per heavy atom. The molecule has 0 saturated heterocycles. The largest absolute Gasteiger partial charge is 0.484 e. The van der Waals surface area contributed by atoms with Crippen molar-refractivity contribution in [3.63, 3.8) is 0 Å². The monoisotopic (exact) mass is 564 g/mol. The Morgan fingerprint density at radius 2 is 1.54 bits per heavy atom. The second-order valence-corrected chi connectivity index (χ2v) is 10.8. The molecule has 1 N–H and O–H groups in total. The number of amides is 2. The summed E-state index contributed by atoms with van der Waals surface area (Å²) in [5.41, 5.74) is 5.17. The van der Waals surface area contributed by atoms with Crippen LogP contribution >= 0.6 is 15.9 Å². The average molecular weight is 566 g/mol. The van der Waals surface area contributed by atoms with E-state index in [1.54, 1.807) is 4.90 Å². The zero-order valence-corrected chi connectivity index (χ0v) is 24.0. The summed E-state index contributed by atoms with van der Waals surface area (Å²) in [6.07, 6.45) is 0.416.